The first kappa shape index (κ1) is 9.95. The molecular weight excluding hydrogens is 292 g/mol. The number of aromatic amines is 1. The largest absolute Gasteiger partial charge is 0.278 e. The predicted octanol–water partition coefficient (Wildman–Crippen LogP) is 2.25. The molecule has 1 aromatic heterocycles. The van der Waals surface area contributed by atoms with Gasteiger partial charge in [-0.15, -0.1) is 0 Å². The van der Waals surface area contributed by atoms with Gasteiger partial charge >= 0.3 is 0 Å². The number of rotatable bonds is 1. The second kappa shape index (κ2) is 3.22. The van der Waals surface area contributed by atoms with Gasteiger partial charge in [-0.2, -0.15) is 5.10 Å². The molecule has 0 aliphatic rings. The monoisotopic (exact) mass is 294 g/mol. The van der Waals surface area contributed by atoms with Crippen molar-refractivity contribution in [3.05, 3.63) is 22.7 Å². The minimum Gasteiger partial charge on any atom is -0.265 e. The van der Waals surface area contributed by atoms with E-state index >= 15 is 0 Å². The summed E-state index contributed by atoms with van der Waals surface area (Å²) >= 11 is 3.24. The van der Waals surface area contributed by atoms with E-state index in [1.807, 2.05) is 0 Å². The molecule has 1 heterocycles. The van der Waals surface area contributed by atoms with Crippen molar-refractivity contribution in [3.8, 4) is 0 Å². The Hall–Kier alpha value is -0.590. The van der Waals surface area contributed by atoms with Crippen LogP contribution in [-0.2, 0) is 9.05 Å². The molecule has 0 amide bonds. The number of halogens is 2. The minimum atomic E-state index is -3.77. The third kappa shape index (κ3) is 1.65. The van der Waals surface area contributed by atoms with Gasteiger partial charge in [0, 0.05) is 20.5 Å². The van der Waals surface area contributed by atoms with Crippen molar-refractivity contribution in [1.82, 2.24) is 10.2 Å². The number of hydrogen-bond acceptors (Lipinski definition) is 3. The average molecular weight is 296 g/mol. The van der Waals surface area contributed by atoms with Crippen LogP contribution in [0.3, 0.4) is 0 Å². The molecule has 14 heavy (non-hydrogen) atoms. The van der Waals surface area contributed by atoms with Crippen molar-refractivity contribution in [1.29, 1.82) is 0 Å². The first-order valence-corrected chi connectivity index (χ1v) is 6.67. The quantitative estimate of drug-likeness (QED) is 0.821. The molecule has 0 spiro atoms. The maximum absolute atomic E-state index is 11.1. The SMILES string of the molecule is O=S(=O)(Cl)c1[nH]nc2ccc(Br)cc12. The van der Waals surface area contributed by atoms with E-state index in [0.29, 0.717) is 10.9 Å². The molecule has 2 aromatic rings. The highest BCUT2D eigenvalue weighted by Crippen LogP contribution is 2.25. The first-order chi connectivity index (χ1) is 6.48. The molecule has 0 unspecified atom stereocenters. The summed E-state index contributed by atoms with van der Waals surface area (Å²) in [6, 6.07) is 5.11. The molecule has 0 saturated heterocycles. The van der Waals surface area contributed by atoms with Crippen LogP contribution in [0.1, 0.15) is 0 Å². The highest BCUT2D eigenvalue weighted by molar-refractivity contribution is 9.10. The van der Waals surface area contributed by atoms with Gasteiger partial charge in [0.1, 0.15) is 0 Å². The lowest BCUT2D eigenvalue weighted by Crippen LogP contribution is -1.90. The molecule has 0 radical (unpaired) electrons. The van der Waals surface area contributed by atoms with Crippen molar-refractivity contribution in [2.75, 3.05) is 0 Å². The highest BCUT2D eigenvalue weighted by Gasteiger charge is 2.17. The van der Waals surface area contributed by atoms with Crippen LogP contribution in [-0.4, -0.2) is 18.6 Å². The Balaban J connectivity index is 2.87. The third-order valence-electron chi connectivity index (χ3n) is 1.72. The number of nitrogens with one attached hydrogen (secondary N) is 1. The molecule has 0 atom stereocenters. The molecule has 1 aromatic carbocycles. The van der Waals surface area contributed by atoms with Crippen molar-refractivity contribution in [3.63, 3.8) is 0 Å². The summed E-state index contributed by atoms with van der Waals surface area (Å²) in [5.41, 5.74) is 0.562. The summed E-state index contributed by atoms with van der Waals surface area (Å²) in [4.78, 5) is 0. The van der Waals surface area contributed by atoms with Crippen molar-refractivity contribution in [2.45, 2.75) is 5.03 Å². The minimum absolute atomic E-state index is 0.0736. The van der Waals surface area contributed by atoms with Crippen LogP contribution in [0.2, 0.25) is 0 Å². The fraction of sp³-hybridized carbons (Fsp3) is 0. The maximum atomic E-state index is 11.1. The zero-order valence-electron chi connectivity index (χ0n) is 6.66. The average Bonchev–Trinajstić information content (AvgIpc) is 2.45. The zero-order valence-corrected chi connectivity index (χ0v) is 9.82. The Morgan fingerprint density at radius 2 is 2.14 bits per heavy atom. The summed E-state index contributed by atoms with van der Waals surface area (Å²) < 4.78 is 23.0. The van der Waals surface area contributed by atoms with E-state index in [0.717, 1.165) is 4.47 Å². The van der Waals surface area contributed by atoms with Crippen LogP contribution in [0.25, 0.3) is 10.9 Å². The van der Waals surface area contributed by atoms with E-state index in [-0.39, 0.29) is 5.03 Å². The lowest BCUT2D eigenvalue weighted by molar-refractivity contribution is 0.606. The summed E-state index contributed by atoms with van der Waals surface area (Å²) in [7, 11) is 1.45. The molecule has 0 fully saturated rings. The van der Waals surface area contributed by atoms with E-state index in [9.17, 15) is 8.42 Å². The van der Waals surface area contributed by atoms with Crippen LogP contribution < -0.4 is 0 Å². The van der Waals surface area contributed by atoms with Gasteiger partial charge < -0.3 is 0 Å². The molecule has 74 valence electrons. The van der Waals surface area contributed by atoms with Crippen molar-refractivity contribution < 1.29 is 8.42 Å². The van der Waals surface area contributed by atoms with Gasteiger partial charge in [0.25, 0.3) is 9.05 Å². The molecule has 2 rings (SSSR count). The topological polar surface area (TPSA) is 62.8 Å². The van der Waals surface area contributed by atoms with Crippen molar-refractivity contribution >= 4 is 46.6 Å². The smallest absolute Gasteiger partial charge is 0.265 e. The summed E-state index contributed by atoms with van der Waals surface area (Å²) in [6.07, 6.45) is 0. The molecule has 4 nitrogen and oxygen atoms in total. The number of benzene rings is 1. The second-order valence-electron chi connectivity index (χ2n) is 2.65. The van der Waals surface area contributed by atoms with Gasteiger partial charge in [0.05, 0.1) is 5.52 Å². The molecule has 0 bridgehead atoms. The summed E-state index contributed by atoms with van der Waals surface area (Å²) in [6.45, 7) is 0. The Morgan fingerprint density at radius 3 is 2.79 bits per heavy atom. The Labute approximate surface area is 92.8 Å². The fourth-order valence-corrected chi connectivity index (χ4v) is 2.44. The van der Waals surface area contributed by atoms with Gasteiger partial charge in [0.15, 0.2) is 5.03 Å². The molecular formula is C7H4BrClN2O2S. The Bertz CT molecular complexity index is 593. The Kier molecular flexibility index (Phi) is 2.29. The van der Waals surface area contributed by atoms with Crippen molar-refractivity contribution in [2.24, 2.45) is 0 Å². The predicted molar refractivity (Wildman–Crippen MR) is 56.8 cm³/mol. The zero-order chi connectivity index (χ0) is 10.3. The summed E-state index contributed by atoms with van der Waals surface area (Å²) in [5, 5.41) is 6.61. The third-order valence-corrected chi connectivity index (χ3v) is 3.48. The number of hydrogen-bond donors (Lipinski definition) is 1. The number of fused-ring (bicyclic) bond motifs is 1. The Morgan fingerprint density at radius 1 is 1.43 bits per heavy atom. The van der Waals surface area contributed by atoms with Crippen LogP contribution in [0.4, 0.5) is 0 Å². The molecule has 0 aliphatic heterocycles. The molecule has 0 aliphatic carbocycles. The number of aromatic nitrogens is 2. The highest BCUT2D eigenvalue weighted by atomic mass is 79.9. The number of H-pyrrole nitrogens is 1. The summed E-state index contributed by atoms with van der Waals surface area (Å²) in [5.74, 6) is 0. The number of nitrogens with zero attached hydrogens (tertiary/aromatic N) is 1. The first-order valence-electron chi connectivity index (χ1n) is 3.57. The van der Waals surface area contributed by atoms with Crippen LogP contribution in [0.15, 0.2) is 27.7 Å². The van der Waals surface area contributed by atoms with Gasteiger partial charge in [-0.05, 0) is 18.2 Å². The lowest BCUT2D eigenvalue weighted by atomic mass is 10.3. The van der Waals surface area contributed by atoms with Gasteiger partial charge in [-0.25, -0.2) is 8.42 Å². The van der Waals surface area contributed by atoms with E-state index in [1.54, 1.807) is 18.2 Å². The maximum Gasteiger partial charge on any atom is 0.278 e. The van der Waals surface area contributed by atoms with Gasteiger partial charge in [0.2, 0.25) is 0 Å². The standard InChI is InChI=1S/C7H4BrClN2O2S/c8-4-1-2-6-5(3-4)7(11-10-6)14(9,12)13/h1-3H,(H,10,11). The molecule has 0 saturated carbocycles. The van der Waals surface area contributed by atoms with E-state index in [4.69, 9.17) is 10.7 Å². The molecule has 1 N–H and O–H groups in total. The normalized spacial score (nSPS) is 12.1. The van der Waals surface area contributed by atoms with Crippen LogP contribution in [0.5, 0.6) is 0 Å². The van der Waals surface area contributed by atoms with Gasteiger partial charge in [-0.3, -0.25) is 5.10 Å². The van der Waals surface area contributed by atoms with Gasteiger partial charge in [-0.1, -0.05) is 15.9 Å². The van der Waals surface area contributed by atoms with E-state index in [2.05, 4.69) is 26.1 Å². The van der Waals surface area contributed by atoms with Crippen LogP contribution >= 0.6 is 26.6 Å². The fourth-order valence-electron chi connectivity index (χ4n) is 1.14. The molecule has 7 heteroatoms. The van der Waals surface area contributed by atoms with E-state index in [1.165, 1.54) is 0 Å². The van der Waals surface area contributed by atoms with Crippen LogP contribution in [0, 0.1) is 0 Å². The second-order valence-corrected chi connectivity index (χ2v) is 6.07. The van der Waals surface area contributed by atoms with E-state index < -0.39 is 9.05 Å². The lowest BCUT2D eigenvalue weighted by Gasteiger charge is -1.92.